The summed E-state index contributed by atoms with van der Waals surface area (Å²) in [6.45, 7) is 0.120. The Morgan fingerprint density at radius 2 is 2.00 bits per heavy atom. The standard InChI is InChI=1S/C14H13BrN2O2/c15-12-7-11(8-16-9-12)14(19)17-13-3-1-10(2-4-13)5-6-18/h1-4,7-9,18H,5-6H2,(H,17,19). The van der Waals surface area contributed by atoms with Gasteiger partial charge in [0.2, 0.25) is 0 Å². The van der Waals surface area contributed by atoms with Crippen molar-refractivity contribution in [2.24, 2.45) is 0 Å². The first kappa shape index (κ1) is 13.7. The minimum Gasteiger partial charge on any atom is -0.396 e. The second-order valence-electron chi connectivity index (χ2n) is 4.02. The highest BCUT2D eigenvalue weighted by Gasteiger charge is 2.06. The summed E-state index contributed by atoms with van der Waals surface area (Å²) in [4.78, 5) is 15.9. The van der Waals surface area contributed by atoms with Crippen molar-refractivity contribution in [3.8, 4) is 0 Å². The summed E-state index contributed by atoms with van der Waals surface area (Å²) in [6, 6.07) is 9.10. The molecule has 2 N–H and O–H groups in total. The first-order valence-electron chi connectivity index (χ1n) is 5.81. The lowest BCUT2D eigenvalue weighted by Crippen LogP contribution is -2.12. The minimum absolute atomic E-state index is 0.120. The predicted octanol–water partition coefficient (Wildman–Crippen LogP) is 2.63. The van der Waals surface area contributed by atoms with Crippen LogP contribution in [-0.4, -0.2) is 22.6 Å². The third kappa shape index (κ3) is 3.87. The highest BCUT2D eigenvalue weighted by Crippen LogP contribution is 2.14. The molecular weight excluding hydrogens is 308 g/mol. The Kier molecular flexibility index (Phi) is 4.65. The molecule has 0 aliphatic rings. The highest BCUT2D eigenvalue weighted by molar-refractivity contribution is 9.10. The third-order valence-electron chi connectivity index (χ3n) is 2.58. The zero-order valence-corrected chi connectivity index (χ0v) is 11.7. The van der Waals surface area contributed by atoms with Gasteiger partial charge in [-0.15, -0.1) is 0 Å². The molecule has 19 heavy (non-hydrogen) atoms. The molecule has 0 radical (unpaired) electrons. The van der Waals surface area contributed by atoms with E-state index < -0.39 is 0 Å². The Morgan fingerprint density at radius 3 is 2.63 bits per heavy atom. The van der Waals surface area contributed by atoms with E-state index >= 15 is 0 Å². The first-order valence-corrected chi connectivity index (χ1v) is 6.60. The van der Waals surface area contributed by atoms with E-state index in [9.17, 15) is 4.79 Å². The first-order chi connectivity index (χ1) is 9.19. The van der Waals surface area contributed by atoms with Gasteiger partial charge in [-0.1, -0.05) is 12.1 Å². The SMILES string of the molecule is O=C(Nc1ccc(CCO)cc1)c1cncc(Br)c1. The molecule has 0 unspecified atom stereocenters. The molecule has 4 nitrogen and oxygen atoms in total. The van der Waals surface area contributed by atoms with Crippen molar-refractivity contribution in [3.05, 3.63) is 58.3 Å². The zero-order valence-electron chi connectivity index (χ0n) is 10.1. The molecule has 1 aromatic carbocycles. The van der Waals surface area contributed by atoms with Gasteiger partial charge >= 0.3 is 0 Å². The molecule has 1 aromatic heterocycles. The zero-order chi connectivity index (χ0) is 13.7. The quantitative estimate of drug-likeness (QED) is 0.910. The number of aliphatic hydroxyl groups excluding tert-OH is 1. The fourth-order valence-corrected chi connectivity index (χ4v) is 1.99. The summed E-state index contributed by atoms with van der Waals surface area (Å²) in [5, 5.41) is 11.6. The van der Waals surface area contributed by atoms with Gasteiger partial charge < -0.3 is 10.4 Å². The van der Waals surface area contributed by atoms with Gasteiger partial charge in [0.1, 0.15) is 0 Å². The molecule has 5 heteroatoms. The second-order valence-corrected chi connectivity index (χ2v) is 4.93. The highest BCUT2D eigenvalue weighted by atomic mass is 79.9. The van der Waals surface area contributed by atoms with Crippen LogP contribution in [0.4, 0.5) is 5.69 Å². The van der Waals surface area contributed by atoms with Gasteiger partial charge in [-0.2, -0.15) is 0 Å². The average molecular weight is 321 g/mol. The van der Waals surface area contributed by atoms with E-state index in [0.29, 0.717) is 17.7 Å². The van der Waals surface area contributed by atoms with E-state index in [0.717, 1.165) is 10.0 Å². The van der Waals surface area contributed by atoms with E-state index in [-0.39, 0.29) is 12.5 Å². The summed E-state index contributed by atoms with van der Waals surface area (Å²) in [5.41, 5.74) is 2.24. The van der Waals surface area contributed by atoms with Gasteiger partial charge in [-0.3, -0.25) is 9.78 Å². The fraction of sp³-hybridized carbons (Fsp3) is 0.143. The van der Waals surface area contributed by atoms with Gasteiger partial charge in [0, 0.05) is 29.2 Å². The third-order valence-corrected chi connectivity index (χ3v) is 3.01. The van der Waals surface area contributed by atoms with Crippen LogP contribution in [0, 0.1) is 0 Å². The fourth-order valence-electron chi connectivity index (χ4n) is 1.62. The lowest BCUT2D eigenvalue weighted by molar-refractivity contribution is 0.102. The number of halogens is 1. The van der Waals surface area contributed by atoms with Crippen LogP contribution in [0.1, 0.15) is 15.9 Å². The topological polar surface area (TPSA) is 62.2 Å². The van der Waals surface area contributed by atoms with Crippen LogP contribution in [0.3, 0.4) is 0 Å². The van der Waals surface area contributed by atoms with E-state index in [4.69, 9.17) is 5.11 Å². The van der Waals surface area contributed by atoms with Crippen LogP contribution in [0.5, 0.6) is 0 Å². The van der Waals surface area contributed by atoms with E-state index in [1.807, 2.05) is 24.3 Å². The van der Waals surface area contributed by atoms with E-state index in [1.165, 1.54) is 6.20 Å². The van der Waals surface area contributed by atoms with Crippen LogP contribution >= 0.6 is 15.9 Å². The molecule has 0 aliphatic carbocycles. The number of amides is 1. The number of rotatable bonds is 4. The molecule has 0 fully saturated rings. The lowest BCUT2D eigenvalue weighted by atomic mass is 10.1. The van der Waals surface area contributed by atoms with Crippen molar-refractivity contribution >= 4 is 27.5 Å². The number of anilines is 1. The van der Waals surface area contributed by atoms with Crippen LogP contribution in [0.2, 0.25) is 0 Å². The van der Waals surface area contributed by atoms with Crippen LogP contribution in [0.15, 0.2) is 47.2 Å². The number of aromatic nitrogens is 1. The van der Waals surface area contributed by atoms with Crippen molar-refractivity contribution in [2.45, 2.75) is 6.42 Å². The normalized spacial score (nSPS) is 10.2. The summed E-state index contributed by atoms with van der Waals surface area (Å²) >= 11 is 3.28. The molecule has 98 valence electrons. The second kappa shape index (κ2) is 6.45. The summed E-state index contributed by atoms with van der Waals surface area (Å²) in [7, 11) is 0. The number of nitrogens with zero attached hydrogens (tertiary/aromatic N) is 1. The number of aliphatic hydroxyl groups is 1. The lowest BCUT2D eigenvalue weighted by Gasteiger charge is -2.06. The molecule has 0 atom stereocenters. The molecule has 1 amide bonds. The van der Waals surface area contributed by atoms with Gasteiger partial charge in [0.25, 0.3) is 5.91 Å². The van der Waals surface area contributed by atoms with Crippen molar-refractivity contribution in [1.82, 2.24) is 4.98 Å². The minimum atomic E-state index is -0.205. The van der Waals surface area contributed by atoms with E-state index in [1.54, 1.807) is 12.3 Å². The Hall–Kier alpha value is -1.72. The maximum absolute atomic E-state index is 12.0. The molecule has 0 aliphatic heterocycles. The molecule has 0 saturated heterocycles. The van der Waals surface area contributed by atoms with Gasteiger partial charge in [0.05, 0.1) is 5.56 Å². The maximum Gasteiger partial charge on any atom is 0.257 e. The smallest absolute Gasteiger partial charge is 0.257 e. The van der Waals surface area contributed by atoms with Crippen molar-refractivity contribution in [1.29, 1.82) is 0 Å². The largest absolute Gasteiger partial charge is 0.396 e. The van der Waals surface area contributed by atoms with Crippen LogP contribution in [0.25, 0.3) is 0 Å². The van der Waals surface area contributed by atoms with Gasteiger partial charge in [-0.25, -0.2) is 0 Å². The molecule has 0 saturated carbocycles. The summed E-state index contributed by atoms with van der Waals surface area (Å²) in [6.07, 6.45) is 3.75. The Labute approximate surface area is 119 Å². The number of carbonyl (C=O) groups is 1. The number of carbonyl (C=O) groups excluding carboxylic acids is 1. The Morgan fingerprint density at radius 1 is 1.26 bits per heavy atom. The summed E-state index contributed by atoms with van der Waals surface area (Å²) in [5.74, 6) is -0.205. The Bertz CT molecular complexity index is 570. The van der Waals surface area contributed by atoms with Crippen molar-refractivity contribution in [2.75, 3.05) is 11.9 Å². The Balaban J connectivity index is 2.06. The predicted molar refractivity (Wildman–Crippen MR) is 77.1 cm³/mol. The maximum atomic E-state index is 12.0. The number of pyridine rings is 1. The molecule has 0 spiro atoms. The van der Waals surface area contributed by atoms with Crippen LogP contribution in [-0.2, 0) is 6.42 Å². The molecule has 2 rings (SSSR count). The molecule has 1 heterocycles. The number of nitrogens with one attached hydrogen (secondary N) is 1. The molecular formula is C14H13BrN2O2. The monoisotopic (exact) mass is 320 g/mol. The number of hydrogen-bond acceptors (Lipinski definition) is 3. The van der Waals surface area contributed by atoms with E-state index in [2.05, 4.69) is 26.2 Å². The number of hydrogen-bond donors (Lipinski definition) is 2. The molecule has 0 bridgehead atoms. The summed E-state index contributed by atoms with van der Waals surface area (Å²) < 4.78 is 0.762. The molecule has 2 aromatic rings. The van der Waals surface area contributed by atoms with Crippen LogP contribution < -0.4 is 5.32 Å². The number of benzene rings is 1. The van der Waals surface area contributed by atoms with Crippen molar-refractivity contribution < 1.29 is 9.90 Å². The van der Waals surface area contributed by atoms with Gasteiger partial charge in [0.15, 0.2) is 0 Å². The average Bonchev–Trinajstić information content (AvgIpc) is 2.41. The van der Waals surface area contributed by atoms with Crippen molar-refractivity contribution in [3.63, 3.8) is 0 Å². The van der Waals surface area contributed by atoms with Gasteiger partial charge in [-0.05, 0) is 46.1 Å².